The van der Waals surface area contributed by atoms with Crippen LogP contribution in [0.4, 0.5) is 5.82 Å². The molecule has 0 bridgehead atoms. The van der Waals surface area contributed by atoms with Crippen LogP contribution < -0.4 is 4.90 Å². The van der Waals surface area contributed by atoms with E-state index < -0.39 is 0 Å². The Morgan fingerprint density at radius 3 is 2.58 bits per heavy atom. The number of carbonyl (C=O) groups excluding carboxylic acids is 1. The van der Waals surface area contributed by atoms with Gasteiger partial charge in [0.15, 0.2) is 0 Å². The number of hydrogen-bond donors (Lipinski definition) is 0. The van der Waals surface area contributed by atoms with Crippen molar-refractivity contribution in [1.82, 2.24) is 4.98 Å². The quantitative estimate of drug-likeness (QED) is 0.786. The van der Waals surface area contributed by atoms with Gasteiger partial charge in [0.05, 0.1) is 12.2 Å². The van der Waals surface area contributed by atoms with Gasteiger partial charge in [0.2, 0.25) is 0 Å². The van der Waals surface area contributed by atoms with Crippen LogP contribution in [-0.2, 0) is 4.74 Å². The predicted molar refractivity (Wildman–Crippen MR) is 75.4 cm³/mol. The van der Waals surface area contributed by atoms with E-state index in [0.717, 1.165) is 18.9 Å². The lowest BCUT2D eigenvalue weighted by atomic mass is 9.83. The van der Waals surface area contributed by atoms with E-state index in [9.17, 15) is 4.79 Å². The van der Waals surface area contributed by atoms with Crippen molar-refractivity contribution < 1.29 is 9.53 Å². The minimum absolute atomic E-state index is 0.304. The molecule has 0 spiro atoms. The van der Waals surface area contributed by atoms with E-state index >= 15 is 0 Å². The zero-order valence-electron chi connectivity index (χ0n) is 12.0. The van der Waals surface area contributed by atoms with Gasteiger partial charge in [-0.1, -0.05) is 13.8 Å². The summed E-state index contributed by atoms with van der Waals surface area (Å²) in [6.07, 6.45) is 3.95. The monoisotopic (exact) mass is 262 g/mol. The molecule has 1 saturated heterocycles. The highest BCUT2D eigenvalue weighted by Crippen LogP contribution is 2.31. The largest absolute Gasteiger partial charge is 0.462 e. The molecule has 0 N–H and O–H groups in total. The molecule has 4 nitrogen and oxygen atoms in total. The molecule has 1 aromatic rings. The third kappa shape index (κ3) is 3.46. The first-order chi connectivity index (χ1) is 9.02. The predicted octanol–water partition coefficient (Wildman–Crippen LogP) is 2.88. The summed E-state index contributed by atoms with van der Waals surface area (Å²) in [5.41, 5.74) is 0.949. The molecule has 1 aromatic heterocycles. The molecule has 0 atom stereocenters. The lowest BCUT2D eigenvalue weighted by molar-refractivity contribution is 0.0526. The van der Waals surface area contributed by atoms with Crippen molar-refractivity contribution in [3.63, 3.8) is 0 Å². The molecule has 0 amide bonds. The number of nitrogens with zero attached hydrogens (tertiary/aromatic N) is 2. The van der Waals surface area contributed by atoms with Crippen molar-refractivity contribution in [3.8, 4) is 0 Å². The Morgan fingerprint density at radius 2 is 2.05 bits per heavy atom. The van der Waals surface area contributed by atoms with Gasteiger partial charge in [-0.05, 0) is 37.3 Å². The molecule has 0 saturated carbocycles. The fourth-order valence-corrected chi connectivity index (χ4v) is 2.25. The molecule has 2 heterocycles. The lowest BCUT2D eigenvalue weighted by Gasteiger charge is -2.37. The SMILES string of the molecule is CCOC(=O)c1ccc(N2CCC(C)(C)CC2)nc1. The van der Waals surface area contributed by atoms with Gasteiger partial charge in [0, 0.05) is 19.3 Å². The van der Waals surface area contributed by atoms with Gasteiger partial charge in [-0.2, -0.15) is 0 Å². The first-order valence-corrected chi connectivity index (χ1v) is 6.90. The maximum atomic E-state index is 11.5. The first kappa shape index (κ1) is 13.8. The number of rotatable bonds is 3. The van der Waals surface area contributed by atoms with Crippen molar-refractivity contribution in [2.24, 2.45) is 5.41 Å². The second-order valence-corrected chi connectivity index (χ2v) is 5.78. The van der Waals surface area contributed by atoms with Crippen LogP contribution in [0.25, 0.3) is 0 Å². The summed E-state index contributed by atoms with van der Waals surface area (Å²) in [5, 5.41) is 0. The standard InChI is InChI=1S/C15H22N2O2/c1-4-19-14(18)12-5-6-13(16-11-12)17-9-7-15(2,3)8-10-17/h5-6,11H,4,7-10H2,1-3H3. The van der Waals surface area contributed by atoms with Gasteiger partial charge in [-0.25, -0.2) is 9.78 Å². The second-order valence-electron chi connectivity index (χ2n) is 5.78. The van der Waals surface area contributed by atoms with Crippen LogP contribution in [-0.4, -0.2) is 30.6 Å². The number of esters is 1. The highest BCUT2D eigenvalue weighted by atomic mass is 16.5. The molecule has 1 aliphatic heterocycles. The molecule has 0 aromatic carbocycles. The van der Waals surface area contributed by atoms with Crippen molar-refractivity contribution in [2.75, 3.05) is 24.6 Å². The van der Waals surface area contributed by atoms with Crippen LogP contribution in [0.3, 0.4) is 0 Å². The normalized spacial score (nSPS) is 18.2. The van der Waals surface area contributed by atoms with Crippen molar-refractivity contribution >= 4 is 11.8 Å². The molecule has 1 aliphatic rings. The maximum absolute atomic E-state index is 11.5. The molecule has 104 valence electrons. The Bertz CT molecular complexity index is 430. The zero-order chi connectivity index (χ0) is 13.9. The average molecular weight is 262 g/mol. The van der Waals surface area contributed by atoms with Crippen molar-refractivity contribution in [1.29, 1.82) is 0 Å². The Kier molecular flexibility index (Phi) is 4.08. The molecular formula is C15H22N2O2. The highest BCUT2D eigenvalue weighted by Gasteiger charge is 2.25. The minimum Gasteiger partial charge on any atom is -0.462 e. The van der Waals surface area contributed by atoms with Crippen molar-refractivity contribution in [3.05, 3.63) is 23.9 Å². The Morgan fingerprint density at radius 1 is 1.37 bits per heavy atom. The van der Waals surface area contributed by atoms with Crippen LogP contribution in [0, 0.1) is 5.41 Å². The van der Waals surface area contributed by atoms with E-state index in [2.05, 4.69) is 23.7 Å². The van der Waals surface area contributed by atoms with Gasteiger partial charge < -0.3 is 9.64 Å². The number of anilines is 1. The van der Waals surface area contributed by atoms with Crippen LogP contribution in [0.1, 0.15) is 44.0 Å². The van der Waals surface area contributed by atoms with Crippen LogP contribution in [0.2, 0.25) is 0 Å². The van der Waals surface area contributed by atoms with Gasteiger partial charge in [0.25, 0.3) is 0 Å². The number of ether oxygens (including phenoxy) is 1. The van der Waals surface area contributed by atoms with Crippen LogP contribution in [0.5, 0.6) is 0 Å². The third-order valence-corrected chi connectivity index (χ3v) is 3.70. The van der Waals surface area contributed by atoms with E-state index in [4.69, 9.17) is 4.74 Å². The van der Waals surface area contributed by atoms with Gasteiger partial charge in [-0.3, -0.25) is 0 Å². The van der Waals surface area contributed by atoms with E-state index in [1.54, 1.807) is 19.2 Å². The van der Waals surface area contributed by atoms with E-state index in [1.807, 2.05) is 6.07 Å². The van der Waals surface area contributed by atoms with E-state index in [1.165, 1.54) is 12.8 Å². The zero-order valence-corrected chi connectivity index (χ0v) is 12.0. The molecule has 0 unspecified atom stereocenters. The number of pyridine rings is 1. The third-order valence-electron chi connectivity index (χ3n) is 3.70. The van der Waals surface area contributed by atoms with Gasteiger partial charge >= 0.3 is 5.97 Å². The number of carbonyl (C=O) groups is 1. The average Bonchev–Trinajstić information content (AvgIpc) is 2.39. The molecular weight excluding hydrogens is 240 g/mol. The number of aromatic nitrogens is 1. The molecule has 4 heteroatoms. The van der Waals surface area contributed by atoms with E-state index in [-0.39, 0.29) is 5.97 Å². The minimum atomic E-state index is -0.304. The van der Waals surface area contributed by atoms with E-state index in [0.29, 0.717) is 17.6 Å². The fraction of sp³-hybridized carbons (Fsp3) is 0.600. The molecule has 0 aliphatic carbocycles. The van der Waals surface area contributed by atoms with Gasteiger partial charge in [0.1, 0.15) is 5.82 Å². The Hall–Kier alpha value is -1.58. The summed E-state index contributed by atoms with van der Waals surface area (Å²) in [6, 6.07) is 3.70. The highest BCUT2D eigenvalue weighted by molar-refractivity contribution is 5.89. The molecule has 1 fully saturated rings. The summed E-state index contributed by atoms with van der Waals surface area (Å²) < 4.78 is 4.95. The van der Waals surface area contributed by atoms with Crippen LogP contribution >= 0.6 is 0 Å². The molecule has 19 heavy (non-hydrogen) atoms. The fourth-order valence-electron chi connectivity index (χ4n) is 2.25. The number of hydrogen-bond acceptors (Lipinski definition) is 4. The Labute approximate surface area is 114 Å². The summed E-state index contributed by atoms with van der Waals surface area (Å²) in [7, 11) is 0. The topological polar surface area (TPSA) is 42.4 Å². The lowest BCUT2D eigenvalue weighted by Crippen LogP contribution is -2.37. The molecule has 2 rings (SSSR count). The summed E-state index contributed by atoms with van der Waals surface area (Å²) in [6.45, 7) is 8.86. The first-order valence-electron chi connectivity index (χ1n) is 6.90. The smallest absolute Gasteiger partial charge is 0.339 e. The Balaban J connectivity index is 2.01. The number of piperidine rings is 1. The second kappa shape index (κ2) is 5.59. The maximum Gasteiger partial charge on any atom is 0.339 e. The van der Waals surface area contributed by atoms with Crippen LogP contribution in [0.15, 0.2) is 18.3 Å². The summed E-state index contributed by atoms with van der Waals surface area (Å²) in [5.74, 6) is 0.643. The molecule has 0 radical (unpaired) electrons. The van der Waals surface area contributed by atoms with Gasteiger partial charge in [-0.15, -0.1) is 0 Å². The summed E-state index contributed by atoms with van der Waals surface area (Å²) >= 11 is 0. The summed E-state index contributed by atoms with van der Waals surface area (Å²) in [4.78, 5) is 18.2. The van der Waals surface area contributed by atoms with Crippen molar-refractivity contribution in [2.45, 2.75) is 33.6 Å².